The van der Waals surface area contributed by atoms with Gasteiger partial charge in [-0.05, 0) is 6.42 Å². The van der Waals surface area contributed by atoms with Gasteiger partial charge in [0.2, 0.25) is 11.8 Å². The molecule has 2 amide bonds. The molecule has 0 radical (unpaired) electrons. The molecular formula is C10H19N3O2. The Morgan fingerprint density at radius 2 is 2.27 bits per heavy atom. The number of likely N-dealkylation sites (N-methyl/N-ethyl adjacent to an activating group) is 1. The molecule has 0 aromatic rings. The minimum Gasteiger partial charge on any atom is -0.358 e. The summed E-state index contributed by atoms with van der Waals surface area (Å²) in [5, 5.41) is 5.70. The Morgan fingerprint density at radius 1 is 1.60 bits per heavy atom. The van der Waals surface area contributed by atoms with Crippen molar-refractivity contribution < 1.29 is 9.59 Å². The van der Waals surface area contributed by atoms with Crippen LogP contribution in [-0.2, 0) is 9.59 Å². The van der Waals surface area contributed by atoms with E-state index in [1.807, 2.05) is 13.8 Å². The second kappa shape index (κ2) is 5.11. The Labute approximate surface area is 90.2 Å². The van der Waals surface area contributed by atoms with Crippen molar-refractivity contribution in [3.8, 4) is 0 Å². The summed E-state index contributed by atoms with van der Waals surface area (Å²) in [5.41, 5.74) is 0. The minimum atomic E-state index is -0.117. The van der Waals surface area contributed by atoms with Crippen LogP contribution in [0.15, 0.2) is 0 Å². The van der Waals surface area contributed by atoms with E-state index in [9.17, 15) is 9.59 Å². The Hall–Kier alpha value is -1.10. The van der Waals surface area contributed by atoms with Crippen LogP contribution in [0.5, 0.6) is 0 Å². The Kier molecular flexibility index (Phi) is 4.08. The Morgan fingerprint density at radius 3 is 2.80 bits per heavy atom. The summed E-state index contributed by atoms with van der Waals surface area (Å²) in [6, 6.07) is 0.175. The highest BCUT2D eigenvalue weighted by Gasteiger charge is 2.32. The maximum Gasteiger partial charge on any atom is 0.240 e. The van der Waals surface area contributed by atoms with Crippen molar-refractivity contribution >= 4 is 11.8 Å². The van der Waals surface area contributed by atoms with Gasteiger partial charge in [0, 0.05) is 19.6 Å². The third-order valence-corrected chi connectivity index (χ3v) is 2.45. The fourth-order valence-electron chi connectivity index (χ4n) is 1.71. The van der Waals surface area contributed by atoms with Crippen LogP contribution in [0.3, 0.4) is 0 Å². The molecule has 0 aliphatic carbocycles. The average Bonchev–Trinajstić information content (AvgIpc) is 2.49. The van der Waals surface area contributed by atoms with E-state index >= 15 is 0 Å². The lowest BCUT2D eigenvalue weighted by Gasteiger charge is -2.17. The smallest absolute Gasteiger partial charge is 0.240 e. The molecule has 5 nitrogen and oxygen atoms in total. The van der Waals surface area contributed by atoms with Gasteiger partial charge in [0.05, 0.1) is 12.6 Å². The summed E-state index contributed by atoms with van der Waals surface area (Å²) in [6.07, 6.45) is 0.786. The highest BCUT2D eigenvalue weighted by Crippen LogP contribution is 2.11. The molecule has 15 heavy (non-hydrogen) atoms. The monoisotopic (exact) mass is 213 g/mol. The molecule has 0 spiro atoms. The van der Waals surface area contributed by atoms with Gasteiger partial charge in [0.15, 0.2) is 0 Å². The molecule has 2 N–H and O–H groups in total. The SMILES string of the molecule is CNC(=O)CN1CCC(NC(C)C)C1=O. The highest BCUT2D eigenvalue weighted by molar-refractivity contribution is 5.88. The fourth-order valence-corrected chi connectivity index (χ4v) is 1.71. The van der Waals surface area contributed by atoms with E-state index in [1.54, 1.807) is 11.9 Å². The van der Waals surface area contributed by atoms with Crippen LogP contribution in [0.1, 0.15) is 20.3 Å². The molecule has 1 heterocycles. The number of carbonyl (C=O) groups excluding carboxylic acids is 2. The predicted octanol–water partition coefficient (Wildman–Crippen LogP) is -0.669. The number of nitrogens with one attached hydrogen (secondary N) is 2. The van der Waals surface area contributed by atoms with Gasteiger partial charge in [-0.25, -0.2) is 0 Å². The summed E-state index contributed by atoms with van der Waals surface area (Å²) in [4.78, 5) is 24.5. The van der Waals surface area contributed by atoms with Gasteiger partial charge in [0.25, 0.3) is 0 Å². The predicted molar refractivity (Wildman–Crippen MR) is 57.3 cm³/mol. The molecule has 5 heteroatoms. The number of rotatable bonds is 4. The standard InChI is InChI=1S/C10H19N3O2/c1-7(2)12-8-4-5-13(10(8)15)6-9(14)11-3/h7-8,12H,4-6H2,1-3H3,(H,11,14). The van der Waals surface area contributed by atoms with Gasteiger partial charge in [-0.2, -0.15) is 0 Å². The normalized spacial score (nSPS) is 21.2. The fraction of sp³-hybridized carbons (Fsp3) is 0.800. The van der Waals surface area contributed by atoms with Crippen molar-refractivity contribution in [2.75, 3.05) is 20.1 Å². The van der Waals surface area contributed by atoms with Gasteiger partial charge in [-0.3, -0.25) is 9.59 Å². The molecule has 0 bridgehead atoms. The van der Waals surface area contributed by atoms with Crippen LogP contribution in [0.4, 0.5) is 0 Å². The number of amides is 2. The summed E-state index contributed by atoms with van der Waals surface area (Å²) in [6.45, 7) is 4.85. The van der Waals surface area contributed by atoms with Crippen molar-refractivity contribution in [3.05, 3.63) is 0 Å². The second-order valence-electron chi connectivity index (χ2n) is 4.10. The number of hydrogen-bond acceptors (Lipinski definition) is 3. The maximum absolute atomic E-state index is 11.8. The molecule has 1 fully saturated rings. The minimum absolute atomic E-state index is 0.0345. The summed E-state index contributed by atoms with van der Waals surface area (Å²) >= 11 is 0. The molecule has 1 atom stereocenters. The van der Waals surface area contributed by atoms with Gasteiger partial charge < -0.3 is 15.5 Å². The zero-order valence-electron chi connectivity index (χ0n) is 9.54. The molecule has 1 unspecified atom stereocenters. The van der Waals surface area contributed by atoms with Crippen molar-refractivity contribution in [1.29, 1.82) is 0 Å². The lowest BCUT2D eigenvalue weighted by atomic mass is 10.2. The summed E-state index contributed by atoms with van der Waals surface area (Å²) < 4.78 is 0. The van der Waals surface area contributed by atoms with E-state index in [1.165, 1.54) is 0 Å². The van der Waals surface area contributed by atoms with Crippen LogP contribution < -0.4 is 10.6 Å². The molecule has 0 saturated carbocycles. The van der Waals surface area contributed by atoms with Gasteiger partial charge in [-0.15, -0.1) is 0 Å². The first-order valence-corrected chi connectivity index (χ1v) is 5.30. The van der Waals surface area contributed by atoms with Crippen LogP contribution in [0.2, 0.25) is 0 Å². The lowest BCUT2D eigenvalue weighted by molar-refractivity contribution is -0.134. The molecular weight excluding hydrogens is 194 g/mol. The highest BCUT2D eigenvalue weighted by atomic mass is 16.2. The second-order valence-corrected chi connectivity index (χ2v) is 4.10. The largest absolute Gasteiger partial charge is 0.358 e. The quantitative estimate of drug-likeness (QED) is 0.651. The average molecular weight is 213 g/mol. The van der Waals surface area contributed by atoms with Gasteiger partial charge in [-0.1, -0.05) is 13.8 Å². The molecule has 86 valence electrons. The van der Waals surface area contributed by atoms with E-state index in [4.69, 9.17) is 0 Å². The van der Waals surface area contributed by atoms with Crippen molar-refractivity contribution in [2.24, 2.45) is 0 Å². The van der Waals surface area contributed by atoms with Crippen LogP contribution in [0.25, 0.3) is 0 Å². The van der Waals surface area contributed by atoms with Crippen molar-refractivity contribution in [2.45, 2.75) is 32.4 Å². The number of likely N-dealkylation sites (tertiary alicyclic amines) is 1. The van der Waals surface area contributed by atoms with Crippen LogP contribution in [0, 0.1) is 0 Å². The van der Waals surface area contributed by atoms with E-state index in [0.717, 1.165) is 6.42 Å². The van der Waals surface area contributed by atoms with Crippen LogP contribution in [-0.4, -0.2) is 48.9 Å². The molecule has 1 aliphatic rings. The number of hydrogen-bond donors (Lipinski definition) is 2. The molecule has 1 aliphatic heterocycles. The maximum atomic E-state index is 11.8. The molecule has 0 aromatic heterocycles. The third-order valence-electron chi connectivity index (χ3n) is 2.45. The Balaban J connectivity index is 2.45. The van der Waals surface area contributed by atoms with Gasteiger partial charge in [0.1, 0.15) is 0 Å². The summed E-state index contributed by atoms with van der Waals surface area (Å²) in [7, 11) is 1.58. The number of nitrogens with zero attached hydrogens (tertiary/aromatic N) is 1. The van der Waals surface area contributed by atoms with Crippen molar-refractivity contribution in [3.63, 3.8) is 0 Å². The van der Waals surface area contributed by atoms with Crippen LogP contribution >= 0.6 is 0 Å². The van der Waals surface area contributed by atoms with Crippen molar-refractivity contribution in [1.82, 2.24) is 15.5 Å². The Bertz CT molecular complexity index is 253. The first-order chi connectivity index (χ1) is 7.04. The lowest BCUT2D eigenvalue weighted by Crippen LogP contribution is -2.43. The molecule has 0 aromatic carbocycles. The summed E-state index contributed by atoms with van der Waals surface area (Å²) in [5.74, 6) is -0.0825. The van der Waals surface area contributed by atoms with E-state index < -0.39 is 0 Å². The first kappa shape index (κ1) is 12.0. The van der Waals surface area contributed by atoms with E-state index in [0.29, 0.717) is 12.6 Å². The molecule has 1 saturated heterocycles. The third kappa shape index (κ3) is 3.20. The zero-order chi connectivity index (χ0) is 11.4. The topological polar surface area (TPSA) is 61.4 Å². The first-order valence-electron chi connectivity index (χ1n) is 5.30. The van der Waals surface area contributed by atoms with E-state index in [-0.39, 0.29) is 24.4 Å². The molecule has 1 rings (SSSR count). The van der Waals surface area contributed by atoms with Gasteiger partial charge >= 0.3 is 0 Å². The van der Waals surface area contributed by atoms with E-state index in [2.05, 4.69) is 10.6 Å². The number of carbonyl (C=O) groups is 2. The zero-order valence-corrected chi connectivity index (χ0v) is 9.54.